The normalized spacial score (nSPS) is 20.2. The van der Waals surface area contributed by atoms with Crippen molar-refractivity contribution in [3.8, 4) is 0 Å². The predicted octanol–water partition coefficient (Wildman–Crippen LogP) is 4.47. The average Bonchev–Trinajstić information content (AvgIpc) is 2.71. The molecule has 2 heteroatoms. The smallest absolute Gasteiger partial charge is 0.164 e. The minimum absolute atomic E-state index is 0.294. The molecule has 116 valence electrons. The number of likely N-dealkylation sites (tertiary alicyclic amines) is 1. The molecule has 1 atom stereocenters. The molecule has 1 heterocycles. The SMILES string of the molecule is CCCC1CCCN(CCC(=O)c2ccccc2C)CC1. The van der Waals surface area contributed by atoms with Crippen LogP contribution in [0.5, 0.6) is 0 Å². The van der Waals surface area contributed by atoms with Crippen molar-refractivity contribution >= 4 is 5.78 Å². The minimum Gasteiger partial charge on any atom is -0.303 e. The summed E-state index contributed by atoms with van der Waals surface area (Å²) in [6.45, 7) is 7.57. The lowest BCUT2D eigenvalue weighted by Crippen LogP contribution is -2.27. The van der Waals surface area contributed by atoms with E-state index in [1.54, 1.807) is 0 Å². The maximum absolute atomic E-state index is 12.3. The fourth-order valence-corrected chi connectivity index (χ4v) is 3.43. The van der Waals surface area contributed by atoms with E-state index < -0.39 is 0 Å². The van der Waals surface area contributed by atoms with Crippen LogP contribution in [0, 0.1) is 12.8 Å². The Hall–Kier alpha value is -1.15. The zero-order valence-electron chi connectivity index (χ0n) is 13.6. The predicted molar refractivity (Wildman–Crippen MR) is 88.8 cm³/mol. The highest BCUT2D eigenvalue weighted by molar-refractivity contribution is 5.97. The lowest BCUT2D eigenvalue weighted by atomic mass is 9.96. The molecule has 0 radical (unpaired) electrons. The van der Waals surface area contributed by atoms with Gasteiger partial charge < -0.3 is 4.90 Å². The van der Waals surface area contributed by atoms with Crippen LogP contribution in [0.15, 0.2) is 24.3 Å². The minimum atomic E-state index is 0.294. The highest BCUT2D eigenvalue weighted by atomic mass is 16.1. The summed E-state index contributed by atoms with van der Waals surface area (Å²) in [5.41, 5.74) is 2.00. The quantitative estimate of drug-likeness (QED) is 0.719. The standard InChI is InChI=1S/C19H29NO/c1-3-7-17-9-6-13-20(14-11-17)15-12-19(21)18-10-5-4-8-16(18)2/h4-5,8,10,17H,3,6-7,9,11-15H2,1-2H3. The number of rotatable bonds is 6. The fraction of sp³-hybridized carbons (Fsp3) is 0.632. The highest BCUT2D eigenvalue weighted by Crippen LogP contribution is 2.22. The van der Waals surface area contributed by atoms with Crippen LogP contribution < -0.4 is 0 Å². The van der Waals surface area contributed by atoms with Gasteiger partial charge in [-0.1, -0.05) is 44.0 Å². The third-order valence-corrected chi connectivity index (χ3v) is 4.74. The Kier molecular flexibility index (Phi) is 6.44. The second-order valence-corrected chi connectivity index (χ2v) is 6.42. The first kappa shape index (κ1) is 16.2. The van der Waals surface area contributed by atoms with Gasteiger partial charge in [-0.3, -0.25) is 4.79 Å². The fourth-order valence-electron chi connectivity index (χ4n) is 3.43. The Morgan fingerprint density at radius 2 is 2.05 bits per heavy atom. The summed E-state index contributed by atoms with van der Waals surface area (Å²) in [5.74, 6) is 1.20. The summed E-state index contributed by atoms with van der Waals surface area (Å²) in [6, 6.07) is 7.93. The summed E-state index contributed by atoms with van der Waals surface area (Å²) < 4.78 is 0. The van der Waals surface area contributed by atoms with Gasteiger partial charge in [0.25, 0.3) is 0 Å². The Labute approximate surface area is 129 Å². The molecule has 1 aliphatic rings. The van der Waals surface area contributed by atoms with Gasteiger partial charge in [0.05, 0.1) is 0 Å². The van der Waals surface area contributed by atoms with E-state index in [-0.39, 0.29) is 0 Å². The van der Waals surface area contributed by atoms with Gasteiger partial charge in [-0.2, -0.15) is 0 Å². The van der Waals surface area contributed by atoms with E-state index in [0.717, 1.165) is 23.6 Å². The first-order chi connectivity index (χ1) is 10.2. The molecular formula is C19H29NO. The zero-order chi connectivity index (χ0) is 15.1. The van der Waals surface area contributed by atoms with Crippen molar-refractivity contribution in [3.05, 3.63) is 35.4 Å². The van der Waals surface area contributed by atoms with E-state index in [2.05, 4.69) is 11.8 Å². The van der Waals surface area contributed by atoms with Crippen molar-refractivity contribution in [2.75, 3.05) is 19.6 Å². The maximum Gasteiger partial charge on any atom is 0.164 e. The van der Waals surface area contributed by atoms with Crippen molar-refractivity contribution in [2.24, 2.45) is 5.92 Å². The molecule has 1 aliphatic heterocycles. The second-order valence-electron chi connectivity index (χ2n) is 6.42. The largest absolute Gasteiger partial charge is 0.303 e. The first-order valence-corrected chi connectivity index (χ1v) is 8.52. The molecule has 1 saturated heterocycles. The molecular weight excluding hydrogens is 258 g/mol. The maximum atomic E-state index is 12.3. The lowest BCUT2D eigenvalue weighted by molar-refractivity contribution is 0.0964. The van der Waals surface area contributed by atoms with Crippen LogP contribution in [-0.2, 0) is 0 Å². The number of carbonyl (C=O) groups is 1. The molecule has 1 aromatic carbocycles. The Morgan fingerprint density at radius 3 is 2.81 bits per heavy atom. The van der Waals surface area contributed by atoms with Crippen LogP contribution in [-0.4, -0.2) is 30.3 Å². The molecule has 1 aromatic rings. The molecule has 0 aromatic heterocycles. The van der Waals surface area contributed by atoms with Crippen molar-refractivity contribution in [1.29, 1.82) is 0 Å². The van der Waals surface area contributed by atoms with Crippen molar-refractivity contribution in [3.63, 3.8) is 0 Å². The molecule has 0 saturated carbocycles. The molecule has 1 unspecified atom stereocenters. The van der Waals surface area contributed by atoms with E-state index in [1.807, 2.05) is 31.2 Å². The van der Waals surface area contributed by atoms with Crippen LogP contribution in [0.1, 0.15) is 61.4 Å². The van der Waals surface area contributed by atoms with Gasteiger partial charge in [0.15, 0.2) is 5.78 Å². The Morgan fingerprint density at radius 1 is 1.24 bits per heavy atom. The van der Waals surface area contributed by atoms with Gasteiger partial charge in [0.1, 0.15) is 0 Å². The molecule has 0 spiro atoms. The topological polar surface area (TPSA) is 20.3 Å². The summed E-state index contributed by atoms with van der Waals surface area (Å²) in [6.07, 6.45) is 7.31. The van der Waals surface area contributed by atoms with Crippen molar-refractivity contribution in [1.82, 2.24) is 4.90 Å². The number of hydrogen-bond acceptors (Lipinski definition) is 2. The van der Waals surface area contributed by atoms with Crippen LogP contribution in [0.3, 0.4) is 0 Å². The van der Waals surface area contributed by atoms with Crippen molar-refractivity contribution in [2.45, 2.75) is 52.4 Å². The monoisotopic (exact) mass is 287 g/mol. The van der Waals surface area contributed by atoms with Gasteiger partial charge in [-0.05, 0) is 50.8 Å². The first-order valence-electron chi connectivity index (χ1n) is 8.52. The lowest BCUT2D eigenvalue weighted by Gasteiger charge is -2.19. The number of aryl methyl sites for hydroxylation is 1. The van der Waals surface area contributed by atoms with E-state index in [1.165, 1.54) is 45.2 Å². The van der Waals surface area contributed by atoms with E-state index in [0.29, 0.717) is 12.2 Å². The van der Waals surface area contributed by atoms with Gasteiger partial charge in [0.2, 0.25) is 0 Å². The average molecular weight is 287 g/mol. The van der Waals surface area contributed by atoms with Gasteiger partial charge in [-0.25, -0.2) is 0 Å². The van der Waals surface area contributed by atoms with Crippen molar-refractivity contribution < 1.29 is 4.79 Å². The number of ketones is 1. The van der Waals surface area contributed by atoms with E-state index >= 15 is 0 Å². The number of Topliss-reactive ketones (excluding diaryl/α,β-unsaturated/α-hetero) is 1. The highest BCUT2D eigenvalue weighted by Gasteiger charge is 2.17. The van der Waals surface area contributed by atoms with Crippen LogP contribution in [0.4, 0.5) is 0 Å². The van der Waals surface area contributed by atoms with Crippen LogP contribution in [0.2, 0.25) is 0 Å². The summed E-state index contributed by atoms with van der Waals surface area (Å²) >= 11 is 0. The molecule has 2 nitrogen and oxygen atoms in total. The number of nitrogens with zero attached hydrogens (tertiary/aromatic N) is 1. The molecule has 0 amide bonds. The summed E-state index contributed by atoms with van der Waals surface area (Å²) in [5, 5.41) is 0. The van der Waals surface area contributed by atoms with Crippen LogP contribution >= 0.6 is 0 Å². The van der Waals surface area contributed by atoms with Gasteiger partial charge in [-0.15, -0.1) is 0 Å². The zero-order valence-corrected chi connectivity index (χ0v) is 13.6. The Balaban J connectivity index is 1.80. The second kappa shape index (κ2) is 8.33. The van der Waals surface area contributed by atoms with Gasteiger partial charge in [0, 0.05) is 18.5 Å². The molecule has 1 fully saturated rings. The van der Waals surface area contributed by atoms with E-state index in [4.69, 9.17) is 0 Å². The Bertz CT molecular complexity index is 455. The molecule has 21 heavy (non-hydrogen) atoms. The summed E-state index contributed by atoms with van der Waals surface area (Å²) in [4.78, 5) is 14.8. The molecule has 0 bridgehead atoms. The number of benzene rings is 1. The molecule has 2 rings (SSSR count). The molecule has 0 N–H and O–H groups in total. The third-order valence-electron chi connectivity index (χ3n) is 4.74. The summed E-state index contributed by atoms with van der Waals surface area (Å²) in [7, 11) is 0. The number of hydrogen-bond donors (Lipinski definition) is 0. The van der Waals surface area contributed by atoms with E-state index in [9.17, 15) is 4.79 Å². The van der Waals surface area contributed by atoms with Gasteiger partial charge >= 0.3 is 0 Å². The number of carbonyl (C=O) groups excluding carboxylic acids is 1. The van der Waals surface area contributed by atoms with Crippen LogP contribution in [0.25, 0.3) is 0 Å². The molecule has 0 aliphatic carbocycles. The third kappa shape index (κ3) is 4.96.